The Morgan fingerprint density at radius 3 is 2.00 bits per heavy atom. The summed E-state index contributed by atoms with van der Waals surface area (Å²) in [6, 6.07) is 0. The zero-order valence-corrected chi connectivity index (χ0v) is 17.9. The van der Waals surface area contributed by atoms with E-state index in [1.807, 2.05) is 0 Å². The fraction of sp³-hybridized carbons (Fsp3) is 0.889. The number of ether oxygens (including phenoxy) is 5. The molecule has 3 fully saturated rings. The SMILES string of the molecule is O=C1OC(CO)(C2(O)O[C@H](CO)[C@@H](OC3O[C@H](CO)C(O)C(O)C3O)[C@H](O)[C@@H]2O)C(=O)OC1CO. The van der Waals surface area contributed by atoms with E-state index in [0.29, 0.717) is 0 Å². The molecule has 3 heterocycles. The van der Waals surface area contributed by atoms with Crippen molar-refractivity contribution in [2.75, 3.05) is 26.4 Å². The Bertz CT molecular complexity index is 776. The number of rotatable bonds is 7. The fourth-order valence-electron chi connectivity index (χ4n) is 4.07. The molecule has 0 aliphatic carbocycles. The molecule has 0 bridgehead atoms. The maximum absolute atomic E-state index is 12.6. The van der Waals surface area contributed by atoms with Crippen LogP contribution in [0.2, 0.25) is 0 Å². The van der Waals surface area contributed by atoms with Crippen LogP contribution in [0.5, 0.6) is 0 Å². The summed E-state index contributed by atoms with van der Waals surface area (Å²) in [7, 11) is 0. The summed E-state index contributed by atoms with van der Waals surface area (Å²) in [5, 5.41) is 100. The molecule has 3 saturated heterocycles. The second-order valence-electron chi connectivity index (χ2n) is 8.25. The van der Waals surface area contributed by atoms with Crippen molar-refractivity contribution >= 4 is 11.9 Å². The number of carbonyl (C=O) groups is 2. The number of hydrogen-bond acceptors (Lipinski definition) is 17. The van der Waals surface area contributed by atoms with E-state index in [0.717, 1.165) is 0 Å². The standard InChI is InChI=1S/C18H28O17/c19-1-5-8(23)9(24)10(25)15(31-5)33-12-6(2-20)34-18(30,13(27)11(12)26)17(4-22)16(29)32-7(3-21)14(28)35-17/h5-13,15,19-27,30H,1-4H2/t5-,6-,7?,8?,9?,10?,11+,12-,13+,15?,17?,18?/m1/s1. The lowest BCUT2D eigenvalue weighted by Crippen LogP contribution is -2.79. The van der Waals surface area contributed by atoms with Crippen molar-refractivity contribution < 1.29 is 84.3 Å². The minimum atomic E-state index is -3.43. The molecule has 3 aliphatic rings. The van der Waals surface area contributed by atoms with E-state index in [2.05, 4.69) is 4.74 Å². The third-order valence-electron chi connectivity index (χ3n) is 6.16. The largest absolute Gasteiger partial charge is 0.445 e. The van der Waals surface area contributed by atoms with E-state index in [1.165, 1.54) is 0 Å². The third-order valence-corrected chi connectivity index (χ3v) is 6.16. The molecule has 0 radical (unpaired) electrons. The molecule has 17 heteroatoms. The molecule has 35 heavy (non-hydrogen) atoms. The highest BCUT2D eigenvalue weighted by molar-refractivity contribution is 5.91. The Morgan fingerprint density at radius 2 is 1.46 bits per heavy atom. The summed E-state index contributed by atoms with van der Waals surface area (Å²) < 4.78 is 25.1. The van der Waals surface area contributed by atoms with E-state index < -0.39 is 111 Å². The zero-order chi connectivity index (χ0) is 26.3. The van der Waals surface area contributed by atoms with E-state index in [9.17, 15) is 55.5 Å². The molecule has 0 amide bonds. The average molecular weight is 516 g/mol. The van der Waals surface area contributed by atoms with Crippen LogP contribution in [0, 0.1) is 0 Å². The number of carbonyl (C=O) groups excluding carboxylic acids is 2. The molecule has 202 valence electrons. The second-order valence-corrected chi connectivity index (χ2v) is 8.25. The Hall–Kier alpha value is -1.58. The van der Waals surface area contributed by atoms with Crippen LogP contribution in [-0.4, -0.2) is 162 Å². The highest BCUT2D eigenvalue weighted by Gasteiger charge is 2.72. The van der Waals surface area contributed by atoms with Gasteiger partial charge in [0.05, 0.1) is 26.4 Å². The van der Waals surface area contributed by atoms with Crippen LogP contribution in [-0.2, 0) is 33.3 Å². The van der Waals surface area contributed by atoms with Gasteiger partial charge in [-0.2, -0.15) is 0 Å². The first-order valence-electron chi connectivity index (χ1n) is 10.4. The van der Waals surface area contributed by atoms with Gasteiger partial charge in [0.15, 0.2) is 6.29 Å². The Kier molecular flexibility index (Phi) is 8.34. The molecule has 0 aromatic carbocycles. The van der Waals surface area contributed by atoms with Crippen molar-refractivity contribution in [3.8, 4) is 0 Å². The normalized spacial score (nSPS) is 48.9. The first kappa shape index (κ1) is 28.0. The zero-order valence-electron chi connectivity index (χ0n) is 17.9. The molecule has 0 saturated carbocycles. The van der Waals surface area contributed by atoms with Crippen LogP contribution in [0.25, 0.3) is 0 Å². The number of esters is 2. The fourth-order valence-corrected chi connectivity index (χ4v) is 4.07. The summed E-state index contributed by atoms with van der Waals surface area (Å²) in [4.78, 5) is 24.7. The highest BCUT2D eigenvalue weighted by Crippen LogP contribution is 2.42. The summed E-state index contributed by atoms with van der Waals surface area (Å²) in [6.07, 6.45) is -19.3. The smallest absolute Gasteiger partial charge is 0.359 e. The Labute approximate surface area is 196 Å². The lowest BCUT2D eigenvalue weighted by molar-refractivity contribution is -0.417. The van der Waals surface area contributed by atoms with Crippen molar-refractivity contribution in [3.05, 3.63) is 0 Å². The molecule has 10 N–H and O–H groups in total. The first-order chi connectivity index (χ1) is 16.4. The summed E-state index contributed by atoms with van der Waals surface area (Å²) >= 11 is 0. The van der Waals surface area contributed by atoms with Gasteiger partial charge in [-0.15, -0.1) is 0 Å². The van der Waals surface area contributed by atoms with Crippen molar-refractivity contribution in [1.29, 1.82) is 0 Å². The molecule has 7 unspecified atom stereocenters. The molecular formula is C18H28O17. The average Bonchev–Trinajstić information content (AvgIpc) is 2.85. The summed E-state index contributed by atoms with van der Waals surface area (Å²) in [5.74, 6) is -6.52. The maximum atomic E-state index is 12.6. The van der Waals surface area contributed by atoms with Crippen LogP contribution in [0.4, 0.5) is 0 Å². The highest BCUT2D eigenvalue weighted by atomic mass is 16.7. The quantitative estimate of drug-likeness (QED) is 0.141. The maximum Gasteiger partial charge on any atom is 0.359 e. The van der Waals surface area contributed by atoms with Gasteiger partial charge >= 0.3 is 11.9 Å². The van der Waals surface area contributed by atoms with Crippen LogP contribution in [0.3, 0.4) is 0 Å². The van der Waals surface area contributed by atoms with Gasteiger partial charge in [-0.3, -0.25) is 0 Å². The molecule has 0 spiro atoms. The predicted octanol–water partition coefficient (Wildman–Crippen LogP) is -7.83. The number of hydrogen-bond donors (Lipinski definition) is 10. The van der Waals surface area contributed by atoms with Gasteiger partial charge in [0.1, 0.15) is 48.8 Å². The van der Waals surface area contributed by atoms with E-state index in [-0.39, 0.29) is 0 Å². The second kappa shape index (κ2) is 10.4. The minimum Gasteiger partial charge on any atom is -0.445 e. The molecule has 17 nitrogen and oxygen atoms in total. The van der Waals surface area contributed by atoms with E-state index >= 15 is 0 Å². The summed E-state index contributed by atoms with van der Waals surface area (Å²) in [6.45, 7) is -4.46. The van der Waals surface area contributed by atoms with E-state index in [1.54, 1.807) is 0 Å². The lowest BCUT2D eigenvalue weighted by atomic mass is 9.80. The Balaban J connectivity index is 1.89. The number of aliphatic hydroxyl groups is 10. The van der Waals surface area contributed by atoms with Crippen LogP contribution >= 0.6 is 0 Å². The molecule has 0 aromatic rings. The summed E-state index contributed by atoms with van der Waals surface area (Å²) in [5.41, 5.74) is -3.17. The van der Waals surface area contributed by atoms with Gasteiger partial charge < -0.3 is 74.7 Å². The van der Waals surface area contributed by atoms with Crippen LogP contribution in [0.15, 0.2) is 0 Å². The monoisotopic (exact) mass is 516 g/mol. The first-order valence-corrected chi connectivity index (χ1v) is 10.4. The molecule has 0 aromatic heterocycles. The van der Waals surface area contributed by atoms with Crippen LogP contribution < -0.4 is 0 Å². The van der Waals surface area contributed by atoms with Gasteiger partial charge in [0.25, 0.3) is 5.60 Å². The molecule has 3 aliphatic heterocycles. The van der Waals surface area contributed by atoms with Gasteiger partial charge in [0.2, 0.25) is 11.9 Å². The minimum absolute atomic E-state index is 0.818. The van der Waals surface area contributed by atoms with Gasteiger partial charge in [-0.05, 0) is 0 Å². The van der Waals surface area contributed by atoms with E-state index in [4.69, 9.17) is 24.1 Å². The third kappa shape index (κ3) is 4.42. The lowest BCUT2D eigenvalue weighted by Gasteiger charge is -2.54. The van der Waals surface area contributed by atoms with Crippen molar-refractivity contribution in [1.82, 2.24) is 0 Å². The van der Waals surface area contributed by atoms with Gasteiger partial charge in [-0.25, -0.2) is 9.59 Å². The molecule has 3 rings (SSSR count). The number of cyclic esters (lactones) is 2. The Morgan fingerprint density at radius 1 is 0.829 bits per heavy atom. The van der Waals surface area contributed by atoms with Crippen molar-refractivity contribution in [2.45, 2.75) is 72.6 Å². The van der Waals surface area contributed by atoms with Crippen molar-refractivity contribution in [2.24, 2.45) is 0 Å². The molecule has 12 atom stereocenters. The van der Waals surface area contributed by atoms with Crippen molar-refractivity contribution in [3.63, 3.8) is 0 Å². The van der Waals surface area contributed by atoms with Gasteiger partial charge in [0, 0.05) is 0 Å². The topological polar surface area (TPSA) is 283 Å². The predicted molar refractivity (Wildman–Crippen MR) is 100 cm³/mol. The number of aliphatic hydroxyl groups excluding tert-OH is 9. The van der Waals surface area contributed by atoms with Gasteiger partial charge in [-0.1, -0.05) is 0 Å². The van der Waals surface area contributed by atoms with Crippen LogP contribution in [0.1, 0.15) is 0 Å². The molecular weight excluding hydrogens is 488 g/mol.